The number of hydrogen-bond acceptors (Lipinski definition) is 3. The first-order valence-corrected chi connectivity index (χ1v) is 12.3. The summed E-state index contributed by atoms with van der Waals surface area (Å²) < 4.78 is 0. The number of imidazole rings is 1. The fourth-order valence-electron chi connectivity index (χ4n) is 4.49. The van der Waals surface area contributed by atoms with Gasteiger partial charge in [0, 0.05) is 39.8 Å². The summed E-state index contributed by atoms with van der Waals surface area (Å²) in [7, 11) is 0. The Labute approximate surface area is 213 Å². The Bertz CT molecular complexity index is 1430. The molecule has 35 heavy (non-hydrogen) atoms. The van der Waals surface area contributed by atoms with Gasteiger partial charge in [-0.25, -0.2) is 4.98 Å². The predicted molar refractivity (Wildman–Crippen MR) is 138 cm³/mol. The Kier molecular flexibility index (Phi) is 6.50. The number of H-pyrrole nitrogens is 1. The first kappa shape index (κ1) is 23.4. The van der Waals surface area contributed by atoms with Crippen molar-refractivity contribution in [2.45, 2.75) is 25.8 Å². The zero-order valence-corrected chi connectivity index (χ0v) is 20.7. The van der Waals surface area contributed by atoms with Crippen molar-refractivity contribution in [3.05, 3.63) is 98.8 Å². The summed E-state index contributed by atoms with van der Waals surface area (Å²) in [6.45, 7) is 3.42. The van der Waals surface area contributed by atoms with Gasteiger partial charge in [0.1, 0.15) is 11.9 Å². The second-order valence-electron chi connectivity index (χ2n) is 8.74. The number of fused-ring (bicyclic) bond motifs is 1. The Morgan fingerprint density at radius 3 is 2.54 bits per heavy atom. The van der Waals surface area contributed by atoms with E-state index in [1.807, 2.05) is 36.1 Å². The highest BCUT2D eigenvalue weighted by Crippen LogP contribution is 2.29. The minimum Gasteiger partial charge on any atom is -0.340 e. The lowest BCUT2D eigenvalue weighted by Crippen LogP contribution is -2.31. The summed E-state index contributed by atoms with van der Waals surface area (Å²) in [5, 5.41) is 4.17. The fourth-order valence-corrected chi connectivity index (χ4v) is 4.91. The monoisotopic (exact) mass is 506 g/mol. The zero-order chi connectivity index (χ0) is 24.5. The topological polar surface area (TPSA) is 78.1 Å². The summed E-state index contributed by atoms with van der Waals surface area (Å²) in [6.07, 6.45) is 2.06. The van der Waals surface area contributed by atoms with Crippen molar-refractivity contribution in [2.75, 3.05) is 13.1 Å². The molecule has 3 aromatic carbocycles. The molecule has 1 unspecified atom stereocenters. The molecule has 1 aliphatic rings. The second-order valence-corrected chi connectivity index (χ2v) is 9.58. The molecule has 2 heterocycles. The number of aromatic nitrogens is 2. The lowest BCUT2D eigenvalue weighted by Gasteiger charge is -2.20. The Morgan fingerprint density at radius 2 is 1.80 bits per heavy atom. The number of aromatic amines is 1. The van der Waals surface area contributed by atoms with Gasteiger partial charge in [0.25, 0.3) is 11.8 Å². The fraction of sp³-hybridized carbons (Fsp3) is 0.222. The standard InChI is InChI=1S/C27H24Cl2N4O2/c1-16-14-17(8-10-19(16)27(35)33-12-4-5-13-33)26(34)32-24(20-6-2-3-7-21(20)29)25-30-22-11-9-18(28)15-23(22)31-25/h2-3,6-11,14-15,24H,4-5,12-13H2,1H3,(H,30,31)(H,32,34). The highest BCUT2D eigenvalue weighted by Gasteiger charge is 2.25. The zero-order valence-electron chi connectivity index (χ0n) is 19.1. The number of carbonyl (C=O) groups excluding carboxylic acids is 2. The third-order valence-electron chi connectivity index (χ3n) is 6.34. The molecule has 5 rings (SSSR count). The van der Waals surface area contributed by atoms with Crippen molar-refractivity contribution < 1.29 is 9.59 Å². The molecule has 0 spiro atoms. The molecule has 0 saturated carbocycles. The molecule has 1 saturated heterocycles. The average Bonchev–Trinajstić information content (AvgIpc) is 3.52. The number of likely N-dealkylation sites (tertiary alicyclic amines) is 1. The first-order valence-electron chi connectivity index (χ1n) is 11.5. The minimum atomic E-state index is -0.617. The number of rotatable bonds is 5. The van der Waals surface area contributed by atoms with Gasteiger partial charge in [0.2, 0.25) is 0 Å². The van der Waals surface area contributed by atoms with Crippen molar-refractivity contribution in [2.24, 2.45) is 0 Å². The summed E-state index contributed by atoms with van der Waals surface area (Å²) in [4.78, 5) is 36.0. The number of benzene rings is 3. The summed E-state index contributed by atoms with van der Waals surface area (Å²) in [5.74, 6) is 0.264. The summed E-state index contributed by atoms with van der Waals surface area (Å²) in [5.41, 5.74) is 4.06. The number of halogens is 2. The van der Waals surface area contributed by atoms with E-state index in [2.05, 4.69) is 15.3 Å². The third-order valence-corrected chi connectivity index (χ3v) is 6.92. The Balaban J connectivity index is 1.46. The minimum absolute atomic E-state index is 0.0156. The number of carbonyl (C=O) groups is 2. The van der Waals surface area contributed by atoms with Crippen LogP contribution in [-0.2, 0) is 0 Å². The predicted octanol–water partition coefficient (Wildman–Crippen LogP) is 5.93. The van der Waals surface area contributed by atoms with Crippen LogP contribution in [0.1, 0.15) is 56.6 Å². The molecule has 0 bridgehead atoms. The van der Waals surface area contributed by atoms with Gasteiger partial charge < -0.3 is 15.2 Å². The molecule has 2 N–H and O–H groups in total. The normalized spacial score (nSPS) is 14.3. The van der Waals surface area contributed by atoms with Crippen molar-refractivity contribution >= 4 is 46.0 Å². The van der Waals surface area contributed by atoms with Crippen molar-refractivity contribution in [3.8, 4) is 0 Å². The highest BCUT2D eigenvalue weighted by molar-refractivity contribution is 6.31. The molecular formula is C27H24Cl2N4O2. The molecular weight excluding hydrogens is 483 g/mol. The molecule has 178 valence electrons. The highest BCUT2D eigenvalue weighted by atomic mass is 35.5. The van der Waals surface area contributed by atoms with Gasteiger partial charge in [-0.2, -0.15) is 0 Å². The maximum Gasteiger partial charge on any atom is 0.254 e. The summed E-state index contributed by atoms with van der Waals surface area (Å²) >= 11 is 12.6. The van der Waals surface area contributed by atoms with E-state index in [0.717, 1.165) is 42.5 Å². The lowest BCUT2D eigenvalue weighted by molar-refractivity contribution is 0.0791. The van der Waals surface area contributed by atoms with Gasteiger partial charge in [0.15, 0.2) is 0 Å². The van der Waals surface area contributed by atoms with Crippen LogP contribution in [0.2, 0.25) is 10.0 Å². The Morgan fingerprint density at radius 1 is 1.03 bits per heavy atom. The van der Waals surface area contributed by atoms with Gasteiger partial charge in [-0.05, 0) is 67.8 Å². The number of nitrogens with zero attached hydrogens (tertiary/aromatic N) is 2. The van der Waals surface area contributed by atoms with E-state index in [4.69, 9.17) is 23.2 Å². The molecule has 6 nitrogen and oxygen atoms in total. The van der Waals surface area contributed by atoms with Crippen molar-refractivity contribution in [3.63, 3.8) is 0 Å². The number of nitrogens with one attached hydrogen (secondary N) is 2. The molecule has 0 radical (unpaired) electrons. The van der Waals surface area contributed by atoms with E-state index in [-0.39, 0.29) is 11.8 Å². The van der Waals surface area contributed by atoms with Crippen LogP contribution in [0.4, 0.5) is 0 Å². The molecule has 8 heteroatoms. The number of amides is 2. The third kappa shape index (κ3) is 4.77. The van der Waals surface area contributed by atoms with Crippen LogP contribution >= 0.6 is 23.2 Å². The summed E-state index contributed by atoms with van der Waals surface area (Å²) in [6, 6.07) is 17.3. The maximum atomic E-state index is 13.4. The molecule has 4 aromatic rings. The van der Waals surface area contributed by atoms with E-state index in [1.165, 1.54) is 0 Å². The molecule has 2 amide bonds. The van der Waals surface area contributed by atoms with E-state index < -0.39 is 6.04 Å². The van der Waals surface area contributed by atoms with Crippen LogP contribution < -0.4 is 5.32 Å². The van der Waals surface area contributed by atoms with Gasteiger partial charge in [-0.15, -0.1) is 0 Å². The van der Waals surface area contributed by atoms with E-state index >= 15 is 0 Å². The van der Waals surface area contributed by atoms with Crippen LogP contribution in [-0.4, -0.2) is 39.8 Å². The average molecular weight is 507 g/mol. The van der Waals surface area contributed by atoms with Crippen LogP contribution in [0, 0.1) is 6.92 Å². The number of aryl methyl sites for hydroxylation is 1. The molecule has 0 aliphatic carbocycles. The van der Waals surface area contributed by atoms with Gasteiger partial charge in [-0.3, -0.25) is 9.59 Å². The molecule has 1 fully saturated rings. The van der Waals surface area contributed by atoms with Crippen molar-refractivity contribution in [1.29, 1.82) is 0 Å². The van der Waals surface area contributed by atoms with Crippen molar-refractivity contribution in [1.82, 2.24) is 20.2 Å². The van der Waals surface area contributed by atoms with Gasteiger partial charge in [-0.1, -0.05) is 41.4 Å². The van der Waals surface area contributed by atoms with E-state index in [1.54, 1.807) is 36.4 Å². The number of hydrogen-bond donors (Lipinski definition) is 2. The van der Waals surface area contributed by atoms with E-state index in [0.29, 0.717) is 32.6 Å². The molecule has 1 aromatic heterocycles. The largest absolute Gasteiger partial charge is 0.340 e. The smallest absolute Gasteiger partial charge is 0.254 e. The SMILES string of the molecule is Cc1cc(C(=O)NC(c2nc3ccc(Cl)cc3[nH]2)c2ccccc2Cl)ccc1C(=O)N1CCCC1. The quantitative estimate of drug-likeness (QED) is 0.351. The lowest BCUT2D eigenvalue weighted by atomic mass is 10.0. The molecule has 1 atom stereocenters. The van der Waals surface area contributed by atoms with Gasteiger partial charge in [0.05, 0.1) is 11.0 Å². The van der Waals surface area contributed by atoms with Crippen LogP contribution in [0.25, 0.3) is 11.0 Å². The van der Waals surface area contributed by atoms with Crippen LogP contribution in [0.15, 0.2) is 60.7 Å². The Hall–Kier alpha value is -3.35. The van der Waals surface area contributed by atoms with Gasteiger partial charge >= 0.3 is 0 Å². The van der Waals surface area contributed by atoms with Crippen LogP contribution in [0.5, 0.6) is 0 Å². The first-order chi connectivity index (χ1) is 16.9. The maximum absolute atomic E-state index is 13.4. The molecule has 1 aliphatic heterocycles. The van der Waals surface area contributed by atoms with E-state index in [9.17, 15) is 9.59 Å². The van der Waals surface area contributed by atoms with Crippen LogP contribution in [0.3, 0.4) is 0 Å². The second kappa shape index (κ2) is 9.72.